The van der Waals surface area contributed by atoms with Gasteiger partial charge in [0, 0.05) is 24.3 Å². The van der Waals surface area contributed by atoms with Crippen molar-refractivity contribution in [2.24, 2.45) is 0 Å². The smallest absolute Gasteiger partial charge is 0.255 e. The number of carbonyl (C=O) groups excluding carboxylic acids is 1. The molecule has 1 aliphatic heterocycles. The van der Waals surface area contributed by atoms with Crippen molar-refractivity contribution < 1.29 is 17.9 Å². The molecule has 6 nitrogen and oxygen atoms in total. The van der Waals surface area contributed by atoms with E-state index in [1.165, 1.54) is 10.4 Å². The molecule has 2 aromatic rings. The summed E-state index contributed by atoms with van der Waals surface area (Å²) in [5.74, 6) is -0.279. The van der Waals surface area contributed by atoms with Gasteiger partial charge < -0.3 is 10.1 Å². The number of carbonyl (C=O) groups is 1. The molecule has 1 aliphatic rings. The number of aryl methyl sites for hydroxylation is 1. The maximum atomic E-state index is 12.9. The Bertz CT molecular complexity index is 860. The van der Waals surface area contributed by atoms with Crippen LogP contribution in [0.3, 0.4) is 0 Å². The van der Waals surface area contributed by atoms with E-state index in [1.54, 1.807) is 43.3 Å². The minimum Gasteiger partial charge on any atom is -0.379 e. The van der Waals surface area contributed by atoms with Gasteiger partial charge in [0.15, 0.2) is 0 Å². The van der Waals surface area contributed by atoms with Gasteiger partial charge in [-0.3, -0.25) is 4.79 Å². The van der Waals surface area contributed by atoms with Gasteiger partial charge in [-0.2, -0.15) is 4.31 Å². The fourth-order valence-corrected chi connectivity index (χ4v) is 4.33. The van der Waals surface area contributed by atoms with Crippen molar-refractivity contribution in [3.05, 3.63) is 59.7 Å². The molecule has 0 unspecified atom stereocenters. The SMILES string of the molecule is Cc1ccc(NC(=O)c2ccccc2)cc1S(=O)(=O)N1CCOCC1. The fraction of sp³-hybridized carbons (Fsp3) is 0.278. The van der Waals surface area contributed by atoms with Gasteiger partial charge in [-0.15, -0.1) is 0 Å². The molecule has 25 heavy (non-hydrogen) atoms. The highest BCUT2D eigenvalue weighted by Gasteiger charge is 2.28. The fourth-order valence-electron chi connectivity index (χ4n) is 2.67. The average molecular weight is 360 g/mol. The molecule has 1 fully saturated rings. The van der Waals surface area contributed by atoms with Crippen LogP contribution >= 0.6 is 0 Å². The number of sulfonamides is 1. The molecule has 1 amide bonds. The molecule has 0 aromatic heterocycles. The molecule has 3 rings (SSSR count). The highest BCUT2D eigenvalue weighted by atomic mass is 32.2. The molecule has 1 saturated heterocycles. The maximum Gasteiger partial charge on any atom is 0.255 e. The van der Waals surface area contributed by atoms with Crippen LogP contribution in [0.5, 0.6) is 0 Å². The van der Waals surface area contributed by atoms with Crippen molar-refractivity contribution in [3.63, 3.8) is 0 Å². The standard InChI is InChI=1S/C18H20N2O4S/c1-14-7-8-16(19-18(21)15-5-3-2-4-6-15)13-17(14)25(22,23)20-9-11-24-12-10-20/h2-8,13H,9-12H2,1H3,(H,19,21). The Balaban J connectivity index is 1.86. The number of morpholine rings is 1. The van der Waals surface area contributed by atoms with Gasteiger partial charge in [-0.1, -0.05) is 24.3 Å². The first-order valence-corrected chi connectivity index (χ1v) is 9.47. The van der Waals surface area contributed by atoms with Crippen LogP contribution in [-0.2, 0) is 14.8 Å². The second-order valence-electron chi connectivity index (χ2n) is 5.82. The second kappa shape index (κ2) is 7.35. The molecule has 0 atom stereocenters. The summed E-state index contributed by atoms with van der Waals surface area (Å²) in [6, 6.07) is 13.7. The van der Waals surface area contributed by atoms with E-state index >= 15 is 0 Å². The van der Waals surface area contributed by atoms with Crippen LogP contribution in [0.4, 0.5) is 5.69 Å². The van der Waals surface area contributed by atoms with Gasteiger partial charge in [0.2, 0.25) is 10.0 Å². The van der Waals surface area contributed by atoms with Gasteiger partial charge >= 0.3 is 0 Å². The van der Waals surface area contributed by atoms with E-state index in [4.69, 9.17) is 4.74 Å². The first-order chi connectivity index (χ1) is 12.0. The lowest BCUT2D eigenvalue weighted by molar-refractivity contribution is 0.0730. The lowest BCUT2D eigenvalue weighted by Crippen LogP contribution is -2.40. The van der Waals surface area contributed by atoms with Gasteiger partial charge in [0.05, 0.1) is 18.1 Å². The molecule has 7 heteroatoms. The van der Waals surface area contributed by atoms with Crippen LogP contribution in [0.1, 0.15) is 15.9 Å². The number of amides is 1. The Labute approximate surface area is 147 Å². The highest BCUT2D eigenvalue weighted by Crippen LogP contribution is 2.24. The zero-order valence-corrected chi connectivity index (χ0v) is 14.8. The van der Waals surface area contributed by atoms with Crippen molar-refractivity contribution in [1.82, 2.24) is 4.31 Å². The summed E-state index contributed by atoms with van der Waals surface area (Å²) < 4.78 is 32.4. The summed E-state index contributed by atoms with van der Waals surface area (Å²) in [4.78, 5) is 12.5. The van der Waals surface area contributed by atoms with Gasteiger partial charge in [0.1, 0.15) is 0 Å². The van der Waals surface area contributed by atoms with Crippen molar-refractivity contribution in [2.75, 3.05) is 31.6 Å². The maximum absolute atomic E-state index is 12.9. The van der Waals surface area contributed by atoms with E-state index in [2.05, 4.69) is 5.32 Å². The molecule has 0 spiro atoms. The lowest BCUT2D eigenvalue weighted by atomic mass is 10.2. The molecule has 0 radical (unpaired) electrons. The number of benzene rings is 2. The quantitative estimate of drug-likeness (QED) is 0.907. The minimum atomic E-state index is -3.61. The van der Waals surface area contributed by atoms with Crippen molar-refractivity contribution in [3.8, 4) is 0 Å². The molecule has 0 aliphatic carbocycles. The molecule has 2 aromatic carbocycles. The first kappa shape index (κ1) is 17.6. The zero-order chi connectivity index (χ0) is 17.9. The van der Waals surface area contributed by atoms with E-state index in [1.807, 2.05) is 6.07 Å². The Kier molecular flexibility index (Phi) is 5.17. The summed E-state index contributed by atoms with van der Waals surface area (Å²) in [6.07, 6.45) is 0. The second-order valence-corrected chi connectivity index (χ2v) is 7.72. The summed E-state index contributed by atoms with van der Waals surface area (Å²) in [5, 5.41) is 2.75. The van der Waals surface area contributed by atoms with Crippen LogP contribution in [0.25, 0.3) is 0 Å². The van der Waals surface area contributed by atoms with Crippen LogP contribution in [0.2, 0.25) is 0 Å². The Morgan fingerprint density at radius 1 is 1.08 bits per heavy atom. The zero-order valence-electron chi connectivity index (χ0n) is 13.9. The van der Waals surface area contributed by atoms with E-state index in [-0.39, 0.29) is 10.8 Å². The Morgan fingerprint density at radius 2 is 1.76 bits per heavy atom. The predicted molar refractivity (Wildman–Crippen MR) is 95.2 cm³/mol. The summed E-state index contributed by atoms with van der Waals surface area (Å²) in [7, 11) is -3.61. The number of hydrogen-bond donors (Lipinski definition) is 1. The number of nitrogens with one attached hydrogen (secondary N) is 1. The van der Waals surface area contributed by atoms with Crippen LogP contribution < -0.4 is 5.32 Å². The number of hydrogen-bond acceptors (Lipinski definition) is 4. The molecule has 1 heterocycles. The average Bonchev–Trinajstić information content (AvgIpc) is 2.64. The van der Waals surface area contributed by atoms with Gasteiger partial charge in [-0.25, -0.2) is 8.42 Å². The third-order valence-electron chi connectivity index (χ3n) is 4.07. The van der Waals surface area contributed by atoms with Crippen molar-refractivity contribution >= 4 is 21.6 Å². The molecule has 1 N–H and O–H groups in total. The van der Waals surface area contributed by atoms with Crippen LogP contribution in [0, 0.1) is 6.92 Å². The van der Waals surface area contributed by atoms with Crippen LogP contribution in [0.15, 0.2) is 53.4 Å². The minimum absolute atomic E-state index is 0.209. The molecule has 0 bridgehead atoms. The highest BCUT2D eigenvalue weighted by molar-refractivity contribution is 7.89. The normalized spacial score (nSPS) is 15.7. The topological polar surface area (TPSA) is 75.7 Å². The number of rotatable bonds is 4. The van der Waals surface area contributed by atoms with Gasteiger partial charge in [0.25, 0.3) is 5.91 Å². The summed E-state index contributed by atoms with van der Waals surface area (Å²) >= 11 is 0. The predicted octanol–water partition coefficient (Wildman–Crippen LogP) is 2.27. The first-order valence-electron chi connectivity index (χ1n) is 8.03. The van der Waals surface area contributed by atoms with E-state index in [0.29, 0.717) is 43.1 Å². The van der Waals surface area contributed by atoms with E-state index in [0.717, 1.165) is 0 Å². The Hall–Kier alpha value is -2.22. The van der Waals surface area contributed by atoms with Crippen molar-refractivity contribution in [2.45, 2.75) is 11.8 Å². The molecule has 0 saturated carbocycles. The third-order valence-corrected chi connectivity index (χ3v) is 6.11. The Morgan fingerprint density at radius 3 is 2.44 bits per heavy atom. The van der Waals surface area contributed by atoms with E-state index in [9.17, 15) is 13.2 Å². The van der Waals surface area contributed by atoms with Gasteiger partial charge in [-0.05, 0) is 36.8 Å². The molecule has 132 valence electrons. The molecular formula is C18H20N2O4S. The van der Waals surface area contributed by atoms with E-state index < -0.39 is 10.0 Å². The lowest BCUT2D eigenvalue weighted by Gasteiger charge is -2.26. The number of ether oxygens (including phenoxy) is 1. The summed E-state index contributed by atoms with van der Waals surface area (Å²) in [5.41, 5.74) is 1.61. The third kappa shape index (κ3) is 3.89. The van der Waals surface area contributed by atoms with Crippen LogP contribution in [-0.4, -0.2) is 44.9 Å². The largest absolute Gasteiger partial charge is 0.379 e. The number of nitrogens with zero attached hydrogens (tertiary/aromatic N) is 1. The molecular weight excluding hydrogens is 340 g/mol. The number of anilines is 1. The summed E-state index contributed by atoms with van der Waals surface area (Å²) in [6.45, 7) is 3.20. The van der Waals surface area contributed by atoms with Crippen molar-refractivity contribution in [1.29, 1.82) is 0 Å². The monoisotopic (exact) mass is 360 g/mol.